The lowest BCUT2D eigenvalue weighted by Gasteiger charge is -2.34. The van der Waals surface area contributed by atoms with E-state index in [0.717, 1.165) is 50.5 Å². The van der Waals surface area contributed by atoms with E-state index in [1.807, 2.05) is 19.2 Å². The largest absolute Gasteiger partial charge is 0.345 e. The molecule has 0 atom stereocenters. The molecule has 0 saturated carbocycles. The molecule has 0 aliphatic carbocycles. The van der Waals surface area contributed by atoms with Crippen molar-refractivity contribution in [2.45, 2.75) is 19.3 Å². The van der Waals surface area contributed by atoms with E-state index in [0.29, 0.717) is 17.2 Å². The molecule has 0 bridgehead atoms. The molecule has 3 rings (SSSR count). The van der Waals surface area contributed by atoms with Crippen LogP contribution in [0.1, 0.15) is 34.5 Å². The summed E-state index contributed by atoms with van der Waals surface area (Å²) in [5.41, 5.74) is 2.41. The van der Waals surface area contributed by atoms with Gasteiger partial charge in [0.05, 0.1) is 5.56 Å². The molecule has 28 heavy (non-hydrogen) atoms. The highest BCUT2D eigenvalue weighted by Gasteiger charge is 2.23. The number of nitrogens with zero attached hydrogens (tertiary/aromatic N) is 4. The second kappa shape index (κ2) is 9.27. The topological polar surface area (TPSA) is 52.3 Å². The van der Waals surface area contributed by atoms with Crippen molar-refractivity contribution in [2.75, 3.05) is 33.2 Å². The third kappa shape index (κ3) is 5.15. The lowest BCUT2D eigenvalue weighted by atomic mass is 9.96. The Morgan fingerprint density at radius 1 is 1.29 bits per heavy atom. The summed E-state index contributed by atoms with van der Waals surface area (Å²) in [5.74, 6) is 0.505. The monoisotopic (exact) mass is 398 g/mol. The zero-order chi connectivity index (χ0) is 20.1. The molecule has 1 fully saturated rings. The van der Waals surface area contributed by atoms with Gasteiger partial charge in [0.2, 0.25) is 0 Å². The fraction of sp³-hybridized carbons (Fsp3) is 0.455. The molecule has 0 spiro atoms. The number of aryl methyl sites for hydroxylation is 1. The van der Waals surface area contributed by atoms with E-state index in [9.17, 15) is 4.79 Å². The van der Waals surface area contributed by atoms with Gasteiger partial charge >= 0.3 is 0 Å². The molecule has 0 radical (unpaired) electrons. The zero-order valence-electron chi connectivity index (χ0n) is 16.6. The van der Waals surface area contributed by atoms with Gasteiger partial charge in [-0.05, 0) is 62.0 Å². The third-order valence-electron chi connectivity index (χ3n) is 5.57. The van der Waals surface area contributed by atoms with Crippen molar-refractivity contribution in [1.82, 2.24) is 14.4 Å². The maximum absolute atomic E-state index is 12.7. The van der Waals surface area contributed by atoms with Gasteiger partial charge < -0.3 is 14.4 Å². The van der Waals surface area contributed by atoms with E-state index < -0.39 is 0 Å². The number of nitriles is 1. The maximum atomic E-state index is 12.7. The summed E-state index contributed by atoms with van der Waals surface area (Å²) in [6.07, 6.45) is 4.94. The van der Waals surface area contributed by atoms with Crippen molar-refractivity contribution in [1.29, 1.82) is 5.26 Å². The fourth-order valence-electron chi connectivity index (χ4n) is 3.83. The second-order valence-electron chi connectivity index (χ2n) is 7.68. The van der Waals surface area contributed by atoms with Crippen LogP contribution in [0.2, 0.25) is 5.02 Å². The molecule has 2 heterocycles. The van der Waals surface area contributed by atoms with Gasteiger partial charge in [0, 0.05) is 38.4 Å². The predicted molar refractivity (Wildman–Crippen MR) is 111 cm³/mol. The fourth-order valence-corrected chi connectivity index (χ4v) is 3.96. The highest BCUT2D eigenvalue weighted by molar-refractivity contribution is 6.30. The smallest absolute Gasteiger partial charge is 0.270 e. The first-order valence-corrected chi connectivity index (χ1v) is 10.1. The van der Waals surface area contributed by atoms with E-state index in [2.05, 4.69) is 23.1 Å². The van der Waals surface area contributed by atoms with E-state index in [4.69, 9.17) is 16.9 Å². The number of amides is 1. The minimum absolute atomic E-state index is 0.0193. The first-order chi connectivity index (χ1) is 13.5. The number of carbonyl (C=O) groups is 1. The van der Waals surface area contributed by atoms with Crippen LogP contribution < -0.4 is 0 Å². The lowest BCUT2D eigenvalue weighted by Crippen LogP contribution is -2.40. The van der Waals surface area contributed by atoms with Crippen LogP contribution in [-0.4, -0.2) is 53.5 Å². The van der Waals surface area contributed by atoms with Gasteiger partial charge in [-0.2, -0.15) is 5.26 Å². The molecule has 2 aromatic rings. The number of rotatable bonds is 6. The number of carbonyl (C=O) groups excluding carboxylic acids is 1. The van der Waals surface area contributed by atoms with Crippen LogP contribution in [0.4, 0.5) is 0 Å². The van der Waals surface area contributed by atoms with E-state index in [-0.39, 0.29) is 5.91 Å². The predicted octanol–water partition coefficient (Wildman–Crippen LogP) is 3.58. The van der Waals surface area contributed by atoms with E-state index in [1.165, 1.54) is 5.56 Å². The average Bonchev–Trinajstić information content (AvgIpc) is 3.09. The van der Waals surface area contributed by atoms with Crippen LogP contribution in [-0.2, 0) is 13.5 Å². The van der Waals surface area contributed by atoms with Crippen LogP contribution in [0.5, 0.6) is 0 Å². The summed E-state index contributed by atoms with van der Waals surface area (Å²) in [7, 11) is 3.66. The number of hydrogen-bond donors (Lipinski definition) is 0. The van der Waals surface area contributed by atoms with Gasteiger partial charge in [-0.3, -0.25) is 4.79 Å². The molecule has 148 valence electrons. The highest BCUT2D eigenvalue weighted by atomic mass is 35.5. The molecule has 1 aromatic heterocycles. The van der Waals surface area contributed by atoms with Crippen molar-refractivity contribution in [2.24, 2.45) is 13.0 Å². The Hall–Kier alpha value is -2.29. The Morgan fingerprint density at radius 2 is 1.96 bits per heavy atom. The number of aromatic nitrogens is 1. The average molecular weight is 399 g/mol. The molecule has 1 aromatic carbocycles. The molecule has 1 aliphatic rings. The van der Waals surface area contributed by atoms with Gasteiger partial charge in [0.1, 0.15) is 11.8 Å². The quantitative estimate of drug-likeness (QED) is 0.747. The van der Waals surface area contributed by atoms with Gasteiger partial charge in [-0.25, -0.2) is 0 Å². The minimum atomic E-state index is -0.0193. The van der Waals surface area contributed by atoms with Crippen LogP contribution in [0, 0.1) is 17.2 Å². The number of piperidine rings is 1. The van der Waals surface area contributed by atoms with E-state index in [1.54, 1.807) is 28.8 Å². The van der Waals surface area contributed by atoms with E-state index >= 15 is 0 Å². The normalized spacial score (nSPS) is 15.4. The molecule has 1 saturated heterocycles. The molecular weight excluding hydrogens is 372 g/mol. The second-order valence-corrected chi connectivity index (χ2v) is 8.12. The summed E-state index contributed by atoms with van der Waals surface area (Å²) in [6.45, 7) is 3.96. The van der Waals surface area contributed by atoms with Gasteiger partial charge in [-0.1, -0.05) is 23.7 Å². The highest BCUT2D eigenvalue weighted by Crippen LogP contribution is 2.20. The Morgan fingerprint density at radius 3 is 2.57 bits per heavy atom. The van der Waals surface area contributed by atoms with Crippen molar-refractivity contribution in [3.8, 4) is 6.07 Å². The van der Waals surface area contributed by atoms with Gasteiger partial charge in [-0.15, -0.1) is 0 Å². The van der Waals surface area contributed by atoms with Crippen molar-refractivity contribution >= 4 is 17.5 Å². The first-order valence-electron chi connectivity index (χ1n) is 9.75. The number of benzene rings is 1. The summed E-state index contributed by atoms with van der Waals surface area (Å²) in [5, 5.41) is 9.79. The number of halogens is 1. The number of likely N-dealkylation sites (tertiary alicyclic amines) is 1. The zero-order valence-corrected chi connectivity index (χ0v) is 17.3. The van der Waals surface area contributed by atoms with Gasteiger partial charge in [0.15, 0.2) is 0 Å². The summed E-state index contributed by atoms with van der Waals surface area (Å²) in [4.78, 5) is 17.0. The van der Waals surface area contributed by atoms with Crippen LogP contribution in [0.25, 0.3) is 0 Å². The molecule has 0 unspecified atom stereocenters. The number of hydrogen-bond acceptors (Lipinski definition) is 3. The standard InChI is InChI=1S/C22H27ClN4O/c1-25-16-19(14-24)13-21(25)22(28)26(2)15-18-8-11-27(12-9-18)10-7-17-3-5-20(23)6-4-17/h3-6,13,16,18H,7-12,15H2,1-2H3. The SMILES string of the molecule is CN(CC1CCN(CCc2ccc(Cl)cc2)CC1)C(=O)c1cc(C#N)cn1C. The van der Waals surface area contributed by atoms with Crippen molar-refractivity contribution in [3.63, 3.8) is 0 Å². The lowest BCUT2D eigenvalue weighted by molar-refractivity contribution is 0.0731. The minimum Gasteiger partial charge on any atom is -0.345 e. The van der Waals surface area contributed by atoms with Crippen LogP contribution in [0.15, 0.2) is 36.5 Å². The van der Waals surface area contributed by atoms with Crippen molar-refractivity contribution in [3.05, 3.63) is 58.4 Å². The Bertz CT molecular complexity index is 844. The third-order valence-corrected chi connectivity index (χ3v) is 5.82. The summed E-state index contributed by atoms with van der Waals surface area (Å²) in [6, 6.07) is 11.8. The Kier molecular flexibility index (Phi) is 6.77. The Balaban J connectivity index is 1.44. The summed E-state index contributed by atoms with van der Waals surface area (Å²) < 4.78 is 1.73. The molecule has 5 nitrogen and oxygen atoms in total. The first kappa shape index (κ1) is 20.4. The maximum Gasteiger partial charge on any atom is 0.270 e. The van der Waals surface area contributed by atoms with Crippen molar-refractivity contribution < 1.29 is 4.79 Å². The molecule has 1 amide bonds. The molecule has 1 aliphatic heterocycles. The van der Waals surface area contributed by atoms with Gasteiger partial charge in [0.25, 0.3) is 5.91 Å². The molecule has 0 N–H and O–H groups in total. The molecule has 6 heteroatoms. The van der Waals surface area contributed by atoms with Crippen LogP contribution in [0.3, 0.4) is 0 Å². The Labute approximate surface area is 172 Å². The van der Waals surface area contributed by atoms with Crippen LogP contribution >= 0.6 is 11.6 Å². The summed E-state index contributed by atoms with van der Waals surface area (Å²) >= 11 is 5.94. The molecular formula is C22H27ClN4O.